The summed E-state index contributed by atoms with van der Waals surface area (Å²) in [5, 5.41) is 15.3. The van der Waals surface area contributed by atoms with Crippen LogP contribution in [0.3, 0.4) is 0 Å². The number of carbonyl (C=O) groups is 2. The Kier molecular flexibility index (Phi) is 2.26. The van der Waals surface area contributed by atoms with Crippen molar-refractivity contribution in [1.82, 2.24) is 0 Å². The van der Waals surface area contributed by atoms with Gasteiger partial charge in [0.05, 0.1) is 17.2 Å². The molecule has 130 valence electrons. The summed E-state index contributed by atoms with van der Waals surface area (Å²) in [6.45, 7) is 1.75. The normalized spacial score (nSPS) is 38.4. The van der Waals surface area contributed by atoms with Crippen LogP contribution in [0, 0.1) is 11.8 Å². The number of ether oxygens (including phenoxy) is 1. The maximum absolute atomic E-state index is 13.4. The van der Waals surface area contributed by atoms with E-state index in [1.807, 2.05) is 48.6 Å². The van der Waals surface area contributed by atoms with Crippen molar-refractivity contribution in [1.29, 1.82) is 0 Å². The topological polar surface area (TPSA) is 78.9 Å². The molecule has 5 atom stereocenters. The van der Waals surface area contributed by atoms with Crippen molar-refractivity contribution in [3.63, 3.8) is 0 Å². The zero-order valence-electron chi connectivity index (χ0n) is 14.0. The van der Waals surface area contributed by atoms with E-state index in [2.05, 4.69) is 5.32 Å². The Morgan fingerprint density at radius 2 is 2.00 bits per heavy atom. The minimum absolute atomic E-state index is 0.190. The first kappa shape index (κ1) is 14.3. The van der Waals surface area contributed by atoms with Gasteiger partial charge in [-0.05, 0) is 30.5 Å². The van der Waals surface area contributed by atoms with Crippen LogP contribution in [0.15, 0.2) is 48.6 Å². The molecule has 0 aromatic heterocycles. The molecular formula is C20H16N2O4. The number of hydrogen-bond acceptors (Lipinski definition) is 4. The lowest BCUT2D eigenvalue weighted by Gasteiger charge is -2.39. The quantitative estimate of drug-likeness (QED) is 0.774. The van der Waals surface area contributed by atoms with E-state index in [1.54, 1.807) is 11.8 Å². The van der Waals surface area contributed by atoms with Crippen molar-refractivity contribution < 1.29 is 19.4 Å². The molecule has 1 spiro atoms. The van der Waals surface area contributed by atoms with E-state index >= 15 is 0 Å². The maximum atomic E-state index is 13.4. The average molecular weight is 348 g/mol. The Morgan fingerprint density at radius 3 is 2.77 bits per heavy atom. The second-order valence-corrected chi connectivity index (χ2v) is 7.70. The van der Waals surface area contributed by atoms with Crippen LogP contribution in [-0.2, 0) is 14.3 Å². The molecule has 4 aliphatic rings. The summed E-state index contributed by atoms with van der Waals surface area (Å²) in [5.41, 5.74) is -0.176. The van der Waals surface area contributed by atoms with Crippen LogP contribution < -0.4 is 10.2 Å². The summed E-state index contributed by atoms with van der Waals surface area (Å²) in [6.07, 6.45) is 3.24. The third kappa shape index (κ3) is 1.34. The number of anilines is 2. The number of carboxylic acids is 1. The van der Waals surface area contributed by atoms with Crippen molar-refractivity contribution in [2.24, 2.45) is 11.8 Å². The van der Waals surface area contributed by atoms with Crippen molar-refractivity contribution in [2.75, 3.05) is 10.2 Å². The third-order valence-corrected chi connectivity index (χ3v) is 6.40. The molecule has 2 saturated heterocycles. The minimum Gasteiger partial charge on any atom is -0.481 e. The van der Waals surface area contributed by atoms with Gasteiger partial charge in [-0.15, -0.1) is 0 Å². The fourth-order valence-corrected chi connectivity index (χ4v) is 5.41. The summed E-state index contributed by atoms with van der Waals surface area (Å²) < 4.78 is 6.28. The van der Waals surface area contributed by atoms with E-state index in [0.29, 0.717) is 0 Å². The fraction of sp³-hybridized carbons (Fsp3) is 0.300. The molecule has 6 nitrogen and oxygen atoms in total. The maximum Gasteiger partial charge on any atom is 0.310 e. The number of hydrogen-bond donors (Lipinski definition) is 2. The molecule has 0 aliphatic carbocycles. The number of rotatable bonds is 1. The molecule has 4 heterocycles. The van der Waals surface area contributed by atoms with Crippen LogP contribution in [0.4, 0.5) is 11.4 Å². The monoisotopic (exact) mass is 348 g/mol. The van der Waals surface area contributed by atoms with Gasteiger partial charge in [0.25, 0.3) is 0 Å². The van der Waals surface area contributed by atoms with Crippen LogP contribution in [0.1, 0.15) is 6.92 Å². The third-order valence-electron chi connectivity index (χ3n) is 6.40. The lowest BCUT2D eigenvalue weighted by Crippen LogP contribution is -2.52. The molecule has 2 aromatic rings. The van der Waals surface area contributed by atoms with Crippen LogP contribution >= 0.6 is 0 Å². The minimum atomic E-state index is -0.993. The molecule has 2 bridgehead atoms. The van der Waals surface area contributed by atoms with E-state index in [1.165, 1.54) is 0 Å². The number of fused-ring (bicyclic) bond motifs is 3. The smallest absolute Gasteiger partial charge is 0.310 e. The van der Waals surface area contributed by atoms with Crippen LogP contribution in [-0.4, -0.2) is 34.4 Å². The Balaban J connectivity index is 1.61. The molecule has 6 heteroatoms. The van der Waals surface area contributed by atoms with Gasteiger partial charge in [0.15, 0.2) is 0 Å². The number of amides is 1. The fourth-order valence-electron chi connectivity index (χ4n) is 5.41. The van der Waals surface area contributed by atoms with Gasteiger partial charge in [0.1, 0.15) is 17.7 Å². The molecule has 6 rings (SSSR count). The predicted octanol–water partition coefficient (Wildman–Crippen LogP) is 2.35. The van der Waals surface area contributed by atoms with Gasteiger partial charge in [-0.25, -0.2) is 0 Å². The number of nitrogens with zero attached hydrogens (tertiary/aromatic N) is 1. The SMILES string of the molecule is C[C@]12C=C[C@]3(O1)[C@H](C(=O)N1c4cccc5cccc(c45)N[C@@H]13)[C@@H]2C(=O)O. The molecular weight excluding hydrogens is 332 g/mol. The van der Waals surface area contributed by atoms with E-state index < -0.39 is 35.2 Å². The highest BCUT2D eigenvalue weighted by Gasteiger charge is 2.75. The average Bonchev–Trinajstić information content (AvgIpc) is 3.18. The number of benzene rings is 2. The lowest BCUT2D eigenvalue weighted by atomic mass is 9.71. The van der Waals surface area contributed by atoms with E-state index in [0.717, 1.165) is 22.1 Å². The lowest BCUT2D eigenvalue weighted by molar-refractivity contribution is -0.148. The van der Waals surface area contributed by atoms with E-state index in [4.69, 9.17) is 4.74 Å². The Morgan fingerprint density at radius 1 is 1.23 bits per heavy atom. The van der Waals surface area contributed by atoms with Gasteiger partial charge >= 0.3 is 5.97 Å². The summed E-state index contributed by atoms with van der Waals surface area (Å²) in [4.78, 5) is 27.1. The number of carbonyl (C=O) groups excluding carboxylic acids is 1. The zero-order valence-corrected chi connectivity index (χ0v) is 14.0. The van der Waals surface area contributed by atoms with Gasteiger partial charge in [0, 0.05) is 11.1 Å². The summed E-state index contributed by atoms with van der Waals surface area (Å²) in [7, 11) is 0. The highest BCUT2D eigenvalue weighted by Crippen LogP contribution is 2.61. The van der Waals surface area contributed by atoms with Gasteiger partial charge in [-0.3, -0.25) is 14.5 Å². The Hall–Kier alpha value is -2.86. The molecule has 0 unspecified atom stereocenters. The van der Waals surface area contributed by atoms with Gasteiger partial charge < -0.3 is 15.2 Å². The molecule has 1 amide bonds. The summed E-state index contributed by atoms with van der Waals surface area (Å²) in [6, 6.07) is 11.8. The predicted molar refractivity (Wildman–Crippen MR) is 94.8 cm³/mol. The molecule has 0 radical (unpaired) electrons. The number of nitrogens with one attached hydrogen (secondary N) is 1. The first-order valence-electron chi connectivity index (χ1n) is 8.71. The summed E-state index contributed by atoms with van der Waals surface area (Å²) in [5.74, 6) is -2.82. The Bertz CT molecular complexity index is 1060. The molecule has 2 N–H and O–H groups in total. The van der Waals surface area contributed by atoms with Crippen molar-refractivity contribution in [3.05, 3.63) is 48.6 Å². The van der Waals surface area contributed by atoms with Crippen LogP contribution in [0.5, 0.6) is 0 Å². The summed E-state index contributed by atoms with van der Waals surface area (Å²) >= 11 is 0. The molecule has 2 fully saturated rings. The van der Waals surface area contributed by atoms with Crippen LogP contribution in [0.25, 0.3) is 10.8 Å². The molecule has 2 aromatic carbocycles. The highest BCUT2D eigenvalue weighted by atomic mass is 16.5. The highest BCUT2D eigenvalue weighted by molar-refractivity contribution is 6.15. The van der Waals surface area contributed by atoms with Crippen LogP contribution in [0.2, 0.25) is 0 Å². The standard InChI is InChI=1S/C20H16N2O4/c1-19-8-9-20(26-19)14(15(19)17(24)25)16(23)22-12-7-3-5-10-4-2-6-11(13(10)12)21-18(20)22/h2-9,14-15,18,21H,1H3,(H,24,25)/t14-,15+,18-,19+,20-/m0/s1. The second-order valence-electron chi connectivity index (χ2n) is 7.70. The van der Waals surface area contributed by atoms with Gasteiger partial charge in [-0.2, -0.15) is 0 Å². The van der Waals surface area contributed by atoms with Crippen molar-refractivity contribution in [2.45, 2.75) is 24.3 Å². The van der Waals surface area contributed by atoms with E-state index in [-0.39, 0.29) is 5.91 Å². The first-order valence-corrected chi connectivity index (χ1v) is 8.71. The Labute approximate surface area is 149 Å². The first-order chi connectivity index (χ1) is 12.5. The second kappa shape index (κ2) is 4.10. The van der Waals surface area contributed by atoms with E-state index in [9.17, 15) is 14.7 Å². The van der Waals surface area contributed by atoms with Gasteiger partial charge in [-0.1, -0.05) is 30.3 Å². The molecule has 0 saturated carbocycles. The van der Waals surface area contributed by atoms with Crippen molar-refractivity contribution >= 4 is 34.0 Å². The molecule has 4 aliphatic heterocycles. The van der Waals surface area contributed by atoms with Crippen molar-refractivity contribution in [3.8, 4) is 0 Å². The van der Waals surface area contributed by atoms with Gasteiger partial charge in [0.2, 0.25) is 5.91 Å². The number of aliphatic carboxylic acids is 1. The zero-order chi connectivity index (χ0) is 17.8. The molecule has 26 heavy (non-hydrogen) atoms. The number of carboxylic acid groups (broad SMARTS) is 1. The largest absolute Gasteiger partial charge is 0.481 e.